The van der Waals surface area contributed by atoms with E-state index >= 15 is 0 Å². The summed E-state index contributed by atoms with van der Waals surface area (Å²) in [7, 11) is -0.509. The Labute approximate surface area is 102 Å². The summed E-state index contributed by atoms with van der Waals surface area (Å²) in [6.07, 6.45) is 1.93. The van der Waals surface area contributed by atoms with Crippen molar-refractivity contribution in [1.29, 1.82) is 0 Å². The molecule has 0 saturated carbocycles. The zero-order valence-corrected chi connectivity index (χ0v) is 10.9. The lowest BCUT2D eigenvalue weighted by Crippen LogP contribution is -2.39. The first-order valence-corrected chi connectivity index (χ1v) is 6.69. The van der Waals surface area contributed by atoms with Gasteiger partial charge < -0.3 is 9.52 Å². The lowest BCUT2D eigenvalue weighted by molar-refractivity contribution is 0.271. The van der Waals surface area contributed by atoms with E-state index in [-0.39, 0.29) is 13.2 Å². The van der Waals surface area contributed by atoms with Crippen LogP contribution in [0.4, 0.5) is 0 Å². The number of aliphatic hydroxyl groups is 1. The van der Waals surface area contributed by atoms with Crippen LogP contribution >= 0.6 is 0 Å². The Balaban J connectivity index is 2.63. The van der Waals surface area contributed by atoms with E-state index in [0.717, 1.165) is 0 Å². The van der Waals surface area contributed by atoms with Gasteiger partial charge in [-0.1, -0.05) is 0 Å². The van der Waals surface area contributed by atoms with Crippen molar-refractivity contribution in [2.75, 3.05) is 27.2 Å². The van der Waals surface area contributed by atoms with Gasteiger partial charge in [-0.3, -0.25) is 0 Å². The fourth-order valence-electron chi connectivity index (χ4n) is 1.35. The lowest BCUT2D eigenvalue weighted by atomic mass is 10.4. The third-order valence-electron chi connectivity index (χ3n) is 2.38. The molecule has 0 radical (unpaired) electrons. The van der Waals surface area contributed by atoms with Crippen LogP contribution in [0.1, 0.15) is 12.2 Å². The molecule has 0 spiro atoms. The maximum Gasteiger partial charge on any atom is 0.281 e. The molecule has 0 aliphatic heterocycles. The van der Waals surface area contributed by atoms with Crippen LogP contribution in [-0.4, -0.2) is 49.4 Å². The molecule has 0 fully saturated rings. The first kappa shape index (κ1) is 14.2. The van der Waals surface area contributed by atoms with Gasteiger partial charge >= 0.3 is 0 Å². The molecular weight excluding hydrogens is 244 g/mol. The summed E-state index contributed by atoms with van der Waals surface area (Å²) in [5.41, 5.74) is 0. The number of aliphatic hydroxyl groups excluding tert-OH is 1. The van der Waals surface area contributed by atoms with Crippen LogP contribution in [0.2, 0.25) is 0 Å². The Hall–Kier alpha value is -0.890. The Bertz CT molecular complexity index is 416. The second-order valence-corrected chi connectivity index (χ2v) is 5.88. The highest BCUT2D eigenvalue weighted by Crippen LogP contribution is 2.10. The molecule has 1 rings (SSSR count). The van der Waals surface area contributed by atoms with Crippen molar-refractivity contribution in [1.82, 2.24) is 8.61 Å². The minimum atomic E-state index is -3.49. The quantitative estimate of drug-likeness (QED) is 0.765. The Kier molecular flexibility index (Phi) is 5.13. The van der Waals surface area contributed by atoms with Gasteiger partial charge in [0.25, 0.3) is 10.2 Å². The molecule has 1 aromatic rings. The molecule has 0 unspecified atom stereocenters. The summed E-state index contributed by atoms with van der Waals surface area (Å²) in [5, 5.41) is 8.68. The molecule has 7 heteroatoms. The predicted octanol–water partition coefficient (Wildman–Crippen LogP) is 0.270. The molecule has 0 saturated heterocycles. The van der Waals surface area contributed by atoms with E-state index in [2.05, 4.69) is 0 Å². The van der Waals surface area contributed by atoms with Gasteiger partial charge in [-0.2, -0.15) is 17.0 Å². The van der Waals surface area contributed by atoms with Crippen molar-refractivity contribution in [3.63, 3.8) is 0 Å². The normalized spacial score (nSPS) is 12.5. The van der Waals surface area contributed by atoms with Crippen LogP contribution in [0.3, 0.4) is 0 Å². The average molecular weight is 262 g/mol. The number of rotatable bonds is 7. The summed E-state index contributed by atoms with van der Waals surface area (Å²) in [4.78, 5) is 0. The van der Waals surface area contributed by atoms with Crippen LogP contribution < -0.4 is 0 Å². The van der Waals surface area contributed by atoms with E-state index in [0.29, 0.717) is 18.7 Å². The molecule has 17 heavy (non-hydrogen) atoms. The molecule has 6 nitrogen and oxygen atoms in total. The minimum absolute atomic E-state index is 0.0260. The number of hydrogen-bond acceptors (Lipinski definition) is 4. The summed E-state index contributed by atoms with van der Waals surface area (Å²) in [6, 6.07) is 3.44. The monoisotopic (exact) mass is 262 g/mol. The summed E-state index contributed by atoms with van der Waals surface area (Å²) >= 11 is 0. The molecular formula is C10H18N2O4S. The van der Waals surface area contributed by atoms with E-state index in [4.69, 9.17) is 9.52 Å². The highest BCUT2D eigenvalue weighted by molar-refractivity contribution is 7.86. The highest BCUT2D eigenvalue weighted by Gasteiger charge is 2.23. The fourth-order valence-corrected chi connectivity index (χ4v) is 2.48. The molecule has 1 heterocycles. The van der Waals surface area contributed by atoms with E-state index in [9.17, 15) is 8.42 Å². The van der Waals surface area contributed by atoms with Gasteiger partial charge in [-0.25, -0.2) is 0 Å². The Morgan fingerprint density at radius 1 is 1.35 bits per heavy atom. The van der Waals surface area contributed by atoms with Gasteiger partial charge in [0.1, 0.15) is 5.76 Å². The van der Waals surface area contributed by atoms with Gasteiger partial charge in [0.2, 0.25) is 0 Å². The van der Waals surface area contributed by atoms with Gasteiger partial charge in [0.15, 0.2) is 0 Å². The van der Waals surface area contributed by atoms with Gasteiger partial charge in [0.05, 0.1) is 12.8 Å². The van der Waals surface area contributed by atoms with Crippen molar-refractivity contribution in [2.45, 2.75) is 13.0 Å². The topological polar surface area (TPSA) is 74.0 Å². The van der Waals surface area contributed by atoms with Crippen LogP contribution in [0, 0.1) is 0 Å². The average Bonchev–Trinajstić information content (AvgIpc) is 2.78. The predicted molar refractivity (Wildman–Crippen MR) is 63.4 cm³/mol. The zero-order valence-electron chi connectivity index (χ0n) is 10.0. The minimum Gasteiger partial charge on any atom is -0.468 e. The summed E-state index contributed by atoms with van der Waals surface area (Å²) in [5.74, 6) is 0.589. The van der Waals surface area contributed by atoms with E-state index in [1.165, 1.54) is 29.0 Å². The van der Waals surface area contributed by atoms with Crippen LogP contribution in [-0.2, 0) is 16.8 Å². The standard InChI is InChI=1S/C10H18N2O4S/c1-11(6-4-7-13)17(14,15)12(2)9-10-5-3-8-16-10/h3,5,8,13H,4,6-7,9H2,1-2H3. The van der Waals surface area contributed by atoms with Crippen LogP contribution in [0.5, 0.6) is 0 Å². The number of furan rings is 1. The smallest absolute Gasteiger partial charge is 0.281 e. The maximum atomic E-state index is 12.0. The molecule has 0 atom stereocenters. The number of nitrogens with zero attached hydrogens (tertiary/aromatic N) is 2. The molecule has 1 aromatic heterocycles. The van der Waals surface area contributed by atoms with Crippen molar-refractivity contribution < 1.29 is 17.9 Å². The lowest BCUT2D eigenvalue weighted by Gasteiger charge is -2.23. The summed E-state index contributed by atoms with van der Waals surface area (Å²) in [6.45, 7) is 0.460. The van der Waals surface area contributed by atoms with Gasteiger partial charge in [0, 0.05) is 27.2 Å². The SMILES string of the molecule is CN(CCCO)S(=O)(=O)N(C)Cc1ccco1. The zero-order chi connectivity index (χ0) is 12.9. The fraction of sp³-hybridized carbons (Fsp3) is 0.600. The molecule has 0 aromatic carbocycles. The van der Waals surface area contributed by atoms with Gasteiger partial charge in [-0.15, -0.1) is 0 Å². The first-order chi connectivity index (χ1) is 7.98. The second kappa shape index (κ2) is 6.15. The van der Waals surface area contributed by atoms with E-state index < -0.39 is 10.2 Å². The van der Waals surface area contributed by atoms with Crippen molar-refractivity contribution >= 4 is 10.2 Å². The van der Waals surface area contributed by atoms with Gasteiger partial charge in [-0.05, 0) is 18.6 Å². The maximum absolute atomic E-state index is 12.0. The molecule has 1 N–H and O–H groups in total. The molecule has 0 aliphatic carbocycles. The van der Waals surface area contributed by atoms with Crippen molar-refractivity contribution in [2.24, 2.45) is 0 Å². The Morgan fingerprint density at radius 3 is 2.59 bits per heavy atom. The van der Waals surface area contributed by atoms with E-state index in [1.807, 2.05) is 0 Å². The van der Waals surface area contributed by atoms with Crippen molar-refractivity contribution in [3.05, 3.63) is 24.2 Å². The van der Waals surface area contributed by atoms with Crippen molar-refractivity contribution in [3.8, 4) is 0 Å². The summed E-state index contributed by atoms with van der Waals surface area (Å²) < 4.78 is 31.5. The second-order valence-electron chi connectivity index (χ2n) is 3.74. The highest BCUT2D eigenvalue weighted by atomic mass is 32.2. The number of hydrogen-bond donors (Lipinski definition) is 1. The molecule has 98 valence electrons. The Morgan fingerprint density at radius 2 is 2.06 bits per heavy atom. The van der Waals surface area contributed by atoms with Crippen LogP contribution in [0.15, 0.2) is 22.8 Å². The molecule has 0 amide bonds. The third kappa shape index (κ3) is 3.81. The largest absolute Gasteiger partial charge is 0.468 e. The molecule has 0 bridgehead atoms. The first-order valence-electron chi connectivity index (χ1n) is 5.29. The third-order valence-corrected chi connectivity index (χ3v) is 4.26. The van der Waals surface area contributed by atoms with E-state index in [1.54, 1.807) is 12.1 Å². The van der Waals surface area contributed by atoms with Crippen LogP contribution in [0.25, 0.3) is 0 Å². The molecule has 0 aliphatic rings.